The molecule has 2 aromatic carbocycles. The first-order valence-electron chi connectivity index (χ1n) is 5.32. The van der Waals surface area contributed by atoms with E-state index in [4.69, 9.17) is 5.11 Å². The van der Waals surface area contributed by atoms with Crippen molar-refractivity contribution in [3.63, 3.8) is 0 Å². The van der Waals surface area contributed by atoms with Crippen molar-refractivity contribution in [2.24, 2.45) is 4.99 Å². The summed E-state index contributed by atoms with van der Waals surface area (Å²) in [4.78, 5) is 4.20. The van der Waals surface area contributed by atoms with Crippen molar-refractivity contribution in [2.45, 2.75) is 6.61 Å². The van der Waals surface area contributed by atoms with Crippen LogP contribution in [0, 0.1) is 0 Å². The fraction of sp³-hybridized carbons (Fsp3) is 0.0714. The molecule has 0 unspecified atom stereocenters. The van der Waals surface area contributed by atoms with Crippen molar-refractivity contribution in [1.29, 1.82) is 0 Å². The Bertz CT molecular complexity index is 535. The number of aromatic hydroxyl groups is 1. The molecule has 3 heteroatoms. The predicted molar refractivity (Wildman–Crippen MR) is 67.7 cm³/mol. The lowest BCUT2D eigenvalue weighted by Gasteiger charge is -2.01. The van der Waals surface area contributed by atoms with Gasteiger partial charge in [-0.3, -0.25) is 4.99 Å². The summed E-state index contributed by atoms with van der Waals surface area (Å²) in [7, 11) is 0. The minimum atomic E-state index is -0.0248. The highest BCUT2D eigenvalue weighted by Crippen LogP contribution is 2.24. The Morgan fingerprint density at radius 2 is 1.71 bits per heavy atom. The van der Waals surface area contributed by atoms with Gasteiger partial charge in [-0.1, -0.05) is 36.4 Å². The summed E-state index contributed by atoms with van der Waals surface area (Å²) < 4.78 is 0. The molecule has 2 N–H and O–H groups in total. The van der Waals surface area contributed by atoms with Crippen LogP contribution < -0.4 is 0 Å². The fourth-order valence-electron chi connectivity index (χ4n) is 1.52. The van der Waals surface area contributed by atoms with Gasteiger partial charge < -0.3 is 10.2 Å². The lowest BCUT2D eigenvalue weighted by molar-refractivity contribution is 0.281. The Hall–Kier alpha value is -2.13. The Balaban J connectivity index is 2.29. The van der Waals surface area contributed by atoms with Crippen LogP contribution in [0.25, 0.3) is 0 Å². The summed E-state index contributed by atoms with van der Waals surface area (Å²) in [6.45, 7) is -0.0248. The van der Waals surface area contributed by atoms with Gasteiger partial charge in [-0.25, -0.2) is 0 Å². The van der Waals surface area contributed by atoms with E-state index < -0.39 is 0 Å². The minimum absolute atomic E-state index is 0.0248. The van der Waals surface area contributed by atoms with E-state index >= 15 is 0 Å². The molecule has 0 aliphatic rings. The molecule has 2 aromatic rings. The number of aliphatic hydroxyl groups excluding tert-OH is 1. The van der Waals surface area contributed by atoms with Crippen molar-refractivity contribution in [1.82, 2.24) is 0 Å². The number of aliphatic imine (C=N–C) groups is 1. The Morgan fingerprint density at radius 3 is 2.47 bits per heavy atom. The molecule has 0 amide bonds. The molecule has 0 aliphatic carbocycles. The third-order valence-corrected chi connectivity index (χ3v) is 2.45. The molecular formula is C14H13NO2. The molecule has 0 saturated carbocycles. The molecule has 3 nitrogen and oxygen atoms in total. The van der Waals surface area contributed by atoms with Crippen LogP contribution >= 0.6 is 0 Å². The van der Waals surface area contributed by atoms with E-state index in [0.29, 0.717) is 5.69 Å². The van der Waals surface area contributed by atoms with E-state index in [9.17, 15) is 5.11 Å². The van der Waals surface area contributed by atoms with Crippen LogP contribution in [-0.2, 0) is 6.61 Å². The van der Waals surface area contributed by atoms with Gasteiger partial charge in [0.1, 0.15) is 11.4 Å². The average Bonchev–Trinajstić information content (AvgIpc) is 2.38. The van der Waals surface area contributed by atoms with Crippen LogP contribution in [0.2, 0.25) is 0 Å². The molecule has 0 saturated heterocycles. The van der Waals surface area contributed by atoms with Crippen molar-refractivity contribution in [3.8, 4) is 5.75 Å². The largest absolute Gasteiger partial charge is 0.506 e. The fourth-order valence-corrected chi connectivity index (χ4v) is 1.52. The highest BCUT2D eigenvalue weighted by Gasteiger charge is 1.98. The van der Waals surface area contributed by atoms with Gasteiger partial charge >= 0.3 is 0 Å². The van der Waals surface area contributed by atoms with Gasteiger partial charge in [-0.05, 0) is 23.3 Å². The van der Waals surface area contributed by atoms with Crippen LogP contribution in [0.5, 0.6) is 5.75 Å². The molecule has 0 aliphatic heterocycles. The first-order chi connectivity index (χ1) is 8.31. The highest BCUT2D eigenvalue weighted by molar-refractivity contribution is 5.84. The molecule has 0 spiro atoms. The Kier molecular flexibility index (Phi) is 3.52. The van der Waals surface area contributed by atoms with Gasteiger partial charge in [0.25, 0.3) is 0 Å². The first-order valence-corrected chi connectivity index (χ1v) is 5.32. The van der Waals surface area contributed by atoms with Crippen molar-refractivity contribution >= 4 is 11.9 Å². The Morgan fingerprint density at radius 1 is 1.00 bits per heavy atom. The lowest BCUT2D eigenvalue weighted by atomic mass is 10.1. The topological polar surface area (TPSA) is 52.8 Å². The quantitative estimate of drug-likeness (QED) is 0.792. The van der Waals surface area contributed by atoms with Gasteiger partial charge in [0.2, 0.25) is 0 Å². The van der Waals surface area contributed by atoms with Crippen molar-refractivity contribution < 1.29 is 10.2 Å². The highest BCUT2D eigenvalue weighted by atomic mass is 16.3. The molecule has 2 rings (SSSR count). The number of nitrogens with zero attached hydrogens (tertiary/aromatic N) is 1. The molecule has 86 valence electrons. The predicted octanol–water partition coefficient (Wildman–Crippen LogP) is 2.64. The van der Waals surface area contributed by atoms with E-state index in [-0.39, 0.29) is 12.4 Å². The van der Waals surface area contributed by atoms with Gasteiger partial charge in [0.05, 0.1) is 6.61 Å². The van der Waals surface area contributed by atoms with Crippen molar-refractivity contribution in [2.75, 3.05) is 0 Å². The summed E-state index contributed by atoms with van der Waals surface area (Å²) in [5.74, 6) is 0.144. The third kappa shape index (κ3) is 2.71. The monoisotopic (exact) mass is 227 g/mol. The molecule has 0 aromatic heterocycles. The molecule has 0 heterocycles. The van der Waals surface area contributed by atoms with Gasteiger partial charge in [0, 0.05) is 6.21 Å². The van der Waals surface area contributed by atoms with E-state index in [1.54, 1.807) is 24.4 Å². The molecule has 0 radical (unpaired) electrons. The minimum Gasteiger partial charge on any atom is -0.506 e. The maximum absolute atomic E-state index is 9.55. The number of hydrogen-bond acceptors (Lipinski definition) is 3. The Labute approximate surface area is 99.7 Å². The van der Waals surface area contributed by atoms with Crippen LogP contribution in [0.1, 0.15) is 11.1 Å². The standard InChI is InChI=1S/C14H13NO2/c16-10-12-6-2-1-5-11(12)9-15-13-7-3-4-8-14(13)17/h1-9,16-17H,10H2/b15-9+. The molecule has 0 fully saturated rings. The summed E-state index contributed by atoms with van der Waals surface area (Å²) in [6.07, 6.45) is 1.64. The number of rotatable bonds is 3. The van der Waals surface area contributed by atoms with E-state index in [0.717, 1.165) is 11.1 Å². The van der Waals surface area contributed by atoms with Gasteiger partial charge in [-0.15, -0.1) is 0 Å². The zero-order valence-corrected chi connectivity index (χ0v) is 9.24. The zero-order valence-electron chi connectivity index (χ0n) is 9.24. The third-order valence-electron chi connectivity index (χ3n) is 2.45. The van der Waals surface area contributed by atoms with E-state index in [1.807, 2.05) is 30.3 Å². The first kappa shape index (κ1) is 11.4. The number of benzene rings is 2. The number of hydrogen-bond donors (Lipinski definition) is 2. The van der Waals surface area contributed by atoms with Gasteiger partial charge in [0.15, 0.2) is 0 Å². The molecule has 0 atom stereocenters. The summed E-state index contributed by atoms with van der Waals surface area (Å²) in [5, 5.41) is 18.7. The second kappa shape index (κ2) is 5.27. The summed E-state index contributed by atoms with van der Waals surface area (Å²) in [5.41, 5.74) is 2.17. The summed E-state index contributed by atoms with van der Waals surface area (Å²) in [6, 6.07) is 14.3. The van der Waals surface area contributed by atoms with Crippen LogP contribution in [0.3, 0.4) is 0 Å². The van der Waals surface area contributed by atoms with E-state index in [2.05, 4.69) is 4.99 Å². The second-order valence-electron chi connectivity index (χ2n) is 3.60. The number of phenols is 1. The van der Waals surface area contributed by atoms with Crippen LogP contribution in [0.15, 0.2) is 53.5 Å². The van der Waals surface area contributed by atoms with E-state index in [1.165, 1.54) is 0 Å². The second-order valence-corrected chi connectivity index (χ2v) is 3.60. The normalized spacial score (nSPS) is 10.9. The average molecular weight is 227 g/mol. The smallest absolute Gasteiger partial charge is 0.141 e. The lowest BCUT2D eigenvalue weighted by Crippen LogP contribution is -1.91. The maximum atomic E-state index is 9.55. The van der Waals surface area contributed by atoms with Gasteiger partial charge in [-0.2, -0.15) is 0 Å². The van der Waals surface area contributed by atoms with Crippen molar-refractivity contribution in [3.05, 3.63) is 59.7 Å². The number of phenolic OH excluding ortho intramolecular Hbond substituents is 1. The molecule has 0 bridgehead atoms. The number of aliphatic hydroxyl groups is 1. The van der Waals surface area contributed by atoms with Crippen LogP contribution in [0.4, 0.5) is 5.69 Å². The number of para-hydroxylation sites is 2. The zero-order chi connectivity index (χ0) is 12.1. The molecule has 17 heavy (non-hydrogen) atoms. The summed E-state index contributed by atoms with van der Waals surface area (Å²) >= 11 is 0. The van der Waals surface area contributed by atoms with Crippen LogP contribution in [-0.4, -0.2) is 16.4 Å². The SMILES string of the molecule is OCc1ccccc1/C=N/c1ccccc1O. The molecular weight excluding hydrogens is 214 g/mol. The maximum Gasteiger partial charge on any atom is 0.141 e.